The number of carbonyl (C=O) groups is 1. The van der Waals surface area contributed by atoms with E-state index in [0.717, 1.165) is 0 Å². The molecule has 40 valence electrons. The molecule has 0 radical (unpaired) electrons. The molecule has 0 unspecified atom stereocenters. The van der Waals surface area contributed by atoms with E-state index in [4.69, 9.17) is 5.73 Å². The van der Waals surface area contributed by atoms with E-state index in [9.17, 15) is 4.79 Å². The average Bonchev–Trinajstić information content (AvgIpc) is 2.12. The molecule has 1 aromatic rings. The Morgan fingerprint density at radius 1 is 1.88 bits per heavy atom. The summed E-state index contributed by atoms with van der Waals surface area (Å²) in [6.45, 7) is 1.61. The second-order valence-corrected chi connectivity index (χ2v) is 1.34. The van der Waals surface area contributed by atoms with E-state index in [-0.39, 0.29) is 5.76 Å². The molecule has 0 spiro atoms. The molecule has 2 N–H and O–H groups in total. The van der Waals surface area contributed by atoms with Crippen LogP contribution >= 0.6 is 0 Å². The van der Waals surface area contributed by atoms with Crippen LogP contribution in [-0.2, 0) is 0 Å². The van der Waals surface area contributed by atoms with Gasteiger partial charge in [-0.05, 0) is 0 Å². The predicted molar refractivity (Wildman–Crippen MR) is 28.6 cm³/mol. The number of hydrogen-bond donors (Lipinski definition) is 1. The Morgan fingerprint density at radius 3 is 2.88 bits per heavy atom. The van der Waals surface area contributed by atoms with Crippen LogP contribution in [0.4, 0.5) is 0 Å². The second kappa shape index (κ2) is 1.82. The van der Waals surface area contributed by atoms with Gasteiger partial charge in [-0.2, -0.15) is 0 Å². The minimum absolute atomic E-state index is 0.199. The van der Waals surface area contributed by atoms with Crippen molar-refractivity contribution in [3.8, 4) is 0 Å². The van der Waals surface area contributed by atoms with E-state index >= 15 is 0 Å². The quantitative estimate of drug-likeness (QED) is 0.538. The molecular formula is C4H4BNO2. The minimum atomic E-state index is -0.532. The molecule has 0 aromatic carbocycles. The zero-order valence-electron chi connectivity index (χ0n) is 4.13. The molecule has 1 rings (SSSR count). The number of rotatable bonds is 1. The van der Waals surface area contributed by atoms with Crippen molar-refractivity contribution in [3.05, 3.63) is 17.9 Å². The third-order valence-electron chi connectivity index (χ3n) is 0.764. The fraction of sp³-hybridized carbons (Fsp3) is 0. The first-order valence-corrected chi connectivity index (χ1v) is 2.14. The van der Waals surface area contributed by atoms with Crippen molar-refractivity contribution >= 4 is 12.8 Å². The third-order valence-corrected chi connectivity index (χ3v) is 0.764. The first-order chi connectivity index (χ1) is 3.80. The van der Waals surface area contributed by atoms with Gasteiger partial charge in [-0.25, -0.2) is 0 Å². The Bertz CT molecular complexity index is 182. The molecule has 0 bridgehead atoms. The zero-order valence-corrected chi connectivity index (χ0v) is 4.13. The first kappa shape index (κ1) is 5.09. The Morgan fingerprint density at radius 2 is 2.62 bits per heavy atom. The molecule has 8 heavy (non-hydrogen) atoms. The van der Waals surface area contributed by atoms with Crippen LogP contribution in [0.3, 0.4) is 0 Å². The van der Waals surface area contributed by atoms with Crippen LogP contribution < -0.4 is 5.73 Å². The van der Waals surface area contributed by atoms with Crippen molar-refractivity contribution in [1.29, 1.82) is 0 Å². The summed E-state index contributed by atoms with van der Waals surface area (Å²) in [7, 11) is 0. The van der Waals surface area contributed by atoms with E-state index in [0.29, 0.717) is 0 Å². The van der Waals surface area contributed by atoms with Crippen LogP contribution in [0.25, 0.3) is 0 Å². The molecule has 0 aliphatic rings. The Balaban J connectivity index is 2.93. The Hall–Kier alpha value is -1.06. The number of amides is 1. The number of carbonyl (C=O) groups excluding carboxylic acids is 1. The summed E-state index contributed by atoms with van der Waals surface area (Å²) >= 11 is 0. The molecule has 4 heteroatoms. The second-order valence-electron chi connectivity index (χ2n) is 1.34. The van der Waals surface area contributed by atoms with Gasteiger partial charge in [0.15, 0.2) is 0 Å². The standard InChI is InChI=1S/C4H4BNO2/c6-4(7)3-1-5-2-8-3/h1-2H,(H2,6,7). The first-order valence-electron chi connectivity index (χ1n) is 2.14. The van der Waals surface area contributed by atoms with Crippen molar-refractivity contribution in [2.24, 2.45) is 5.73 Å². The molecule has 0 atom stereocenters. The van der Waals surface area contributed by atoms with Crippen LogP contribution in [0.15, 0.2) is 16.5 Å². The van der Waals surface area contributed by atoms with E-state index in [2.05, 4.69) is 4.42 Å². The van der Waals surface area contributed by atoms with Gasteiger partial charge in [0.1, 0.15) is 0 Å². The third kappa shape index (κ3) is 0.778. The van der Waals surface area contributed by atoms with Crippen molar-refractivity contribution in [1.82, 2.24) is 0 Å². The molecule has 1 amide bonds. The average molecular weight is 109 g/mol. The predicted octanol–water partition coefficient (Wildman–Crippen LogP) is -0.283. The number of primary amides is 1. The van der Waals surface area contributed by atoms with Gasteiger partial charge in [-0.3, -0.25) is 0 Å². The summed E-state index contributed by atoms with van der Waals surface area (Å²) in [5.41, 5.74) is 4.83. The van der Waals surface area contributed by atoms with Crippen molar-refractivity contribution in [2.75, 3.05) is 0 Å². The normalized spacial score (nSPS) is 8.50. The van der Waals surface area contributed by atoms with Crippen molar-refractivity contribution in [3.63, 3.8) is 0 Å². The Labute approximate surface area is 46.7 Å². The van der Waals surface area contributed by atoms with Crippen LogP contribution in [0, 0.1) is 0 Å². The summed E-state index contributed by atoms with van der Waals surface area (Å²) in [5.74, 6) is 1.18. The molecule has 0 aliphatic carbocycles. The molecular weight excluding hydrogens is 105 g/mol. The van der Waals surface area contributed by atoms with E-state index < -0.39 is 5.91 Å². The van der Waals surface area contributed by atoms with E-state index in [1.165, 1.54) is 12.1 Å². The van der Waals surface area contributed by atoms with Crippen LogP contribution in [-0.4, -0.2) is 12.8 Å². The fourth-order valence-corrected chi connectivity index (χ4v) is 0.419. The molecule has 3 nitrogen and oxygen atoms in total. The van der Waals surface area contributed by atoms with Crippen LogP contribution in [0.2, 0.25) is 0 Å². The summed E-state index contributed by atoms with van der Waals surface area (Å²) < 4.78 is 4.62. The fourth-order valence-electron chi connectivity index (χ4n) is 0.419. The SMILES string of the molecule is NC(=O)c1cbco1. The maximum atomic E-state index is 10.2. The molecule has 0 saturated heterocycles. The molecule has 0 aliphatic heterocycles. The van der Waals surface area contributed by atoms with Crippen molar-refractivity contribution in [2.45, 2.75) is 0 Å². The zero-order chi connectivity index (χ0) is 5.98. The topological polar surface area (TPSA) is 56.2 Å². The Kier molecular flexibility index (Phi) is 1.16. The van der Waals surface area contributed by atoms with Gasteiger partial charge in [-0.1, -0.05) is 0 Å². The molecule has 0 saturated carbocycles. The number of hydrogen-bond acceptors (Lipinski definition) is 2. The van der Waals surface area contributed by atoms with E-state index in [1.54, 1.807) is 6.91 Å². The summed E-state index contributed by atoms with van der Waals surface area (Å²) in [4.78, 5) is 10.2. The molecule has 0 fully saturated rings. The van der Waals surface area contributed by atoms with Gasteiger partial charge in [-0.15, -0.1) is 0 Å². The summed E-state index contributed by atoms with van der Waals surface area (Å²) in [6, 6.07) is 0. The van der Waals surface area contributed by atoms with Gasteiger partial charge >= 0.3 is 45.6 Å². The van der Waals surface area contributed by atoms with Gasteiger partial charge in [0.25, 0.3) is 0 Å². The van der Waals surface area contributed by atoms with Gasteiger partial charge in [0.2, 0.25) is 0 Å². The monoisotopic (exact) mass is 109 g/mol. The van der Waals surface area contributed by atoms with Gasteiger partial charge in [0, 0.05) is 0 Å². The summed E-state index contributed by atoms with van der Waals surface area (Å²) in [5, 5.41) is 0. The van der Waals surface area contributed by atoms with Crippen molar-refractivity contribution < 1.29 is 9.21 Å². The van der Waals surface area contributed by atoms with Gasteiger partial charge < -0.3 is 0 Å². The van der Waals surface area contributed by atoms with Crippen LogP contribution in [0.5, 0.6) is 0 Å². The van der Waals surface area contributed by atoms with E-state index in [1.807, 2.05) is 0 Å². The van der Waals surface area contributed by atoms with Gasteiger partial charge in [0.05, 0.1) is 0 Å². The summed E-state index contributed by atoms with van der Waals surface area (Å²) in [6.07, 6.45) is 1.40. The molecule has 1 aromatic heterocycles. The maximum absolute atomic E-state index is 10.2. The molecule has 1 heterocycles. The number of nitrogens with two attached hydrogens (primary N) is 1. The van der Waals surface area contributed by atoms with Crippen LogP contribution in [0.1, 0.15) is 10.6 Å².